The standard InChI is InChI=1S/C11H12BrFO/c1-11(2,5-6-14)9-4-3-8(12)7-10(9)13/h3-4,6-7H,5H2,1-2H3. The topological polar surface area (TPSA) is 17.1 Å². The first-order valence-electron chi connectivity index (χ1n) is 4.36. The number of aldehydes is 1. The first-order chi connectivity index (χ1) is 6.47. The molecule has 0 fully saturated rings. The molecule has 1 aromatic rings. The normalized spacial score (nSPS) is 11.4. The predicted molar refractivity (Wildman–Crippen MR) is 57.8 cm³/mol. The van der Waals surface area contributed by atoms with Crippen LogP contribution >= 0.6 is 15.9 Å². The van der Waals surface area contributed by atoms with Crippen LogP contribution in [0.3, 0.4) is 0 Å². The fourth-order valence-corrected chi connectivity index (χ4v) is 1.69. The van der Waals surface area contributed by atoms with Crippen LogP contribution in [0.25, 0.3) is 0 Å². The van der Waals surface area contributed by atoms with Crippen LogP contribution in [0.15, 0.2) is 22.7 Å². The van der Waals surface area contributed by atoms with Crippen molar-refractivity contribution in [2.45, 2.75) is 25.7 Å². The fraction of sp³-hybridized carbons (Fsp3) is 0.364. The first kappa shape index (κ1) is 11.4. The minimum absolute atomic E-state index is 0.272. The van der Waals surface area contributed by atoms with E-state index >= 15 is 0 Å². The number of halogens is 2. The second kappa shape index (κ2) is 4.22. The molecule has 0 aliphatic rings. The van der Waals surface area contributed by atoms with E-state index in [9.17, 15) is 9.18 Å². The summed E-state index contributed by atoms with van der Waals surface area (Å²) in [6.45, 7) is 3.71. The van der Waals surface area contributed by atoms with Crippen LogP contribution in [0, 0.1) is 5.82 Å². The van der Waals surface area contributed by atoms with Crippen molar-refractivity contribution in [2.75, 3.05) is 0 Å². The Labute approximate surface area is 91.5 Å². The minimum Gasteiger partial charge on any atom is -0.303 e. The SMILES string of the molecule is CC(C)(CC=O)c1ccc(Br)cc1F. The van der Waals surface area contributed by atoms with Crippen LogP contribution in [0.2, 0.25) is 0 Å². The van der Waals surface area contributed by atoms with Crippen LogP contribution < -0.4 is 0 Å². The number of benzene rings is 1. The highest BCUT2D eigenvalue weighted by Gasteiger charge is 2.23. The van der Waals surface area contributed by atoms with Crippen molar-refractivity contribution in [3.05, 3.63) is 34.1 Å². The molecule has 1 nitrogen and oxygen atoms in total. The van der Waals surface area contributed by atoms with Gasteiger partial charge in [0, 0.05) is 10.9 Å². The highest BCUT2D eigenvalue weighted by atomic mass is 79.9. The highest BCUT2D eigenvalue weighted by molar-refractivity contribution is 9.10. The van der Waals surface area contributed by atoms with Crippen LogP contribution in [-0.2, 0) is 10.2 Å². The summed E-state index contributed by atoms with van der Waals surface area (Å²) in [6.07, 6.45) is 1.15. The number of hydrogen-bond acceptors (Lipinski definition) is 1. The molecule has 0 aliphatic carbocycles. The Kier molecular flexibility index (Phi) is 3.43. The Morgan fingerprint density at radius 1 is 1.50 bits per heavy atom. The van der Waals surface area contributed by atoms with Crippen molar-refractivity contribution in [2.24, 2.45) is 0 Å². The maximum absolute atomic E-state index is 13.5. The van der Waals surface area contributed by atoms with E-state index in [1.54, 1.807) is 12.1 Å². The summed E-state index contributed by atoms with van der Waals surface area (Å²) in [4.78, 5) is 10.4. The zero-order valence-electron chi connectivity index (χ0n) is 8.18. The Morgan fingerprint density at radius 3 is 2.64 bits per heavy atom. The lowest BCUT2D eigenvalue weighted by molar-refractivity contribution is -0.108. The summed E-state index contributed by atoms with van der Waals surface area (Å²) < 4.78 is 14.2. The highest BCUT2D eigenvalue weighted by Crippen LogP contribution is 2.29. The lowest BCUT2D eigenvalue weighted by Crippen LogP contribution is -2.19. The van der Waals surface area contributed by atoms with Crippen molar-refractivity contribution in [1.29, 1.82) is 0 Å². The molecular weight excluding hydrogens is 247 g/mol. The lowest BCUT2D eigenvalue weighted by Gasteiger charge is -2.23. The second-order valence-electron chi connectivity index (χ2n) is 3.88. The summed E-state index contributed by atoms with van der Waals surface area (Å²) in [5, 5.41) is 0. The maximum atomic E-state index is 13.5. The minimum atomic E-state index is -0.438. The monoisotopic (exact) mass is 258 g/mol. The Balaban J connectivity index is 3.12. The molecule has 0 radical (unpaired) electrons. The van der Waals surface area contributed by atoms with E-state index in [2.05, 4.69) is 15.9 Å². The maximum Gasteiger partial charge on any atom is 0.128 e. The summed E-state index contributed by atoms with van der Waals surface area (Å²) >= 11 is 3.19. The van der Waals surface area contributed by atoms with Gasteiger partial charge in [0.05, 0.1) is 0 Å². The van der Waals surface area contributed by atoms with Crippen LogP contribution in [-0.4, -0.2) is 6.29 Å². The van der Waals surface area contributed by atoms with E-state index < -0.39 is 5.41 Å². The molecule has 76 valence electrons. The van der Waals surface area contributed by atoms with Gasteiger partial charge in [-0.1, -0.05) is 35.8 Å². The molecule has 0 bridgehead atoms. The molecule has 3 heteroatoms. The Bertz CT molecular complexity index is 347. The Hall–Kier alpha value is -0.700. The van der Waals surface area contributed by atoms with Crippen molar-refractivity contribution in [1.82, 2.24) is 0 Å². The van der Waals surface area contributed by atoms with Gasteiger partial charge in [-0.05, 0) is 23.1 Å². The van der Waals surface area contributed by atoms with Gasteiger partial charge in [-0.25, -0.2) is 4.39 Å². The summed E-state index contributed by atoms with van der Waals surface area (Å²) in [5.41, 5.74) is 0.139. The van der Waals surface area contributed by atoms with Gasteiger partial charge in [0.2, 0.25) is 0 Å². The van der Waals surface area contributed by atoms with Gasteiger partial charge in [-0.15, -0.1) is 0 Å². The molecule has 0 saturated heterocycles. The number of carbonyl (C=O) groups excluding carboxylic acids is 1. The van der Waals surface area contributed by atoms with E-state index in [0.29, 0.717) is 16.5 Å². The van der Waals surface area contributed by atoms with Crippen LogP contribution in [0.5, 0.6) is 0 Å². The third kappa shape index (κ3) is 2.41. The number of carbonyl (C=O) groups is 1. The molecule has 0 aliphatic heterocycles. The smallest absolute Gasteiger partial charge is 0.128 e. The molecule has 14 heavy (non-hydrogen) atoms. The third-order valence-corrected chi connectivity index (χ3v) is 2.75. The molecule has 0 unspecified atom stereocenters. The van der Waals surface area contributed by atoms with Gasteiger partial charge in [0.25, 0.3) is 0 Å². The van der Waals surface area contributed by atoms with Crippen LogP contribution in [0.4, 0.5) is 4.39 Å². The Morgan fingerprint density at radius 2 is 2.14 bits per heavy atom. The van der Waals surface area contributed by atoms with E-state index in [1.807, 2.05) is 13.8 Å². The predicted octanol–water partition coefficient (Wildman–Crippen LogP) is 3.45. The zero-order valence-corrected chi connectivity index (χ0v) is 9.77. The van der Waals surface area contributed by atoms with Gasteiger partial charge in [0.15, 0.2) is 0 Å². The quantitative estimate of drug-likeness (QED) is 0.760. The lowest BCUT2D eigenvalue weighted by atomic mass is 9.82. The van der Waals surface area contributed by atoms with E-state index in [4.69, 9.17) is 0 Å². The summed E-state index contributed by atoms with van der Waals surface area (Å²) in [7, 11) is 0. The van der Waals surface area contributed by atoms with Gasteiger partial charge in [0.1, 0.15) is 12.1 Å². The number of hydrogen-bond donors (Lipinski definition) is 0. The molecule has 0 saturated carbocycles. The van der Waals surface area contributed by atoms with Crippen molar-refractivity contribution in [3.63, 3.8) is 0 Å². The van der Waals surface area contributed by atoms with Crippen molar-refractivity contribution in [3.8, 4) is 0 Å². The summed E-state index contributed by atoms with van der Waals surface area (Å²) in [6, 6.07) is 4.91. The average Bonchev–Trinajstić information content (AvgIpc) is 2.02. The molecule has 0 aromatic heterocycles. The zero-order chi connectivity index (χ0) is 10.8. The van der Waals surface area contributed by atoms with Crippen molar-refractivity contribution < 1.29 is 9.18 Å². The van der Waals surface area contributed by atoms with Crippen LogP contribution in [0.1, 0.15) is 25.8 Å². The fourth-order valence-electron chi connectivity index (χ4n) is 1.36. The summed E-state index contributed by atoms with van der Waals surface area (Å²) in [5.74, 6) is -0.272. The van der Waals surface area contributed by atoms with E-state index in [0.717, 1.165) is 6.29 Å². The molecule has 1 rings (SSSR count). The largest absolute Gasteiger partial charge is 0.303 e. The molecule has 1 aromatic carbocycles. The van der Waals surface area contributed by atoms with E-state index in [1.165, 1.54) is 6.07 Å². The molecule has 0 spiro atoms. The molecule has 0 amide bonds. The average molecular weight is 259 g/mol. The first-order valence-corrected chi connectivity index (χ1v) is 5.16. The second-order valence-corrected chi connectivity index (χ2v) is 4.79. The van der Waals surface area contributed by atoms with Gasteiger partial charge in [-0.2, -0.15) is 0 Å². The molecule has 0 heterocycles. The third-order valence-electron chi connectivity index (χ3n) is 2.25. The molecule has 0 atom stereocenters. The van der Waals surface area contributed by atoms with Gasteiger partial charge in [-0.3, -0.25) is 0 Å². The van der Waals surface area contributed by atoms with Gasteiger partial charge < -0.3 is 4.79 Å². The van der Waals surface area contributed by atoms with Crippen molar-refractivity contribution >= 4 is 22.2 Å². The molecule has 0 N–H and O–H groups in total. The van der Waals surface area contributed by atoms with E-state index in [-0.39, 0.29) is 5.82 Å². The molecular formula is C11H12BrFO. The van der Waals surface area contributed by atoms with Gasteiger partial charge >= 0.3 is 0 Å². The number of rotatable bonds is 3.